The average Bonchev–Trinajstić information content (AvgIpc) is 2.45. The Balaban J connectivity index is 2.79. The van der Waals surface area contributed by atoms with Gasteiger partial charge in [-0.1, -0.05) is 19.9 Å². The van der Waals surface area contributed by atoms with Crippen molar-refractivity contribution in [2.24, 2.45) is 0 Å². The van der Waals surface area contributed by atoms with Gasteiger partial charge in [-0.05, 0) is 36.5 Å². The maximum Gasteiger partial charge on any atom is 0.160 e. The van der Waals surface area contributed by atoms with E-state index in [4.69, 9.17) is 9.47 Å². The topological polar surface area (TPSA) is 58.9 Å². The third kappa shape index (κ3) is 4.11. The average molecular weight is 268 g/mol. The highest BCUT2D eigenvalue weighted by atomic mass is 16.5. The zero-order valence-electron chi connectivity index (χ0n) is 12.1. The lowest BCUT2D eigenvalue weighted by Crippen LogP contribution is -2.26. The minimum atomic E-state index is -0.701. The van der Waals surface area contributed by atoms with Crippen LogP contribution in [0, 0.1) is 0 Å². The van der Waals surface area contributed by atoms with Crippen molar-refractivity contribution in [3.8, 4) is 11.5 Å². The van der Waals surface area contributed by atoms with E-state index in [1.807, 2.05) is 32.0 Å². The molecule has 0 aliphatic heterocycles. The second kappa shape index (κ2) is 7.36. The molecule has 0 spiro atoms. The van der Waals surface area contributed by atoms with Crippen LogP contribution in [-0.2, 0) is 0 Å². The Bertz CT molecular complexity index is 392. The second-order valence-corrected chi connectivity index (χ2v) is 4.79. The SMILES string of the molecule is CCC(O)C(O)CC(C)c1ccc(OC)c(OC)c1. The van der Waals surface area contributed by atoms with Gasteiger partial charge in [0.1, 0.15) is 0 Å². The standard InChI is InChI=1S/C15H24O4/c1-5-12(16)13(17)8-10(2)11-6-7-14(18-3)15(9-11)19-4/h6-7,9-10,12-13,16-17H,5,8H2,1-4H3. The Morgan fingerprint density at radius 1 is 1.05 bits per heavy atom. The van der Waals surface area contributed by atoms with Gasteiger partial charge in [0.25, 0.3) is 0 Å². The predicted octanol–water partition coefficient (Wildman–Crippen LogP) is 2.33. The van der Waals surface area contributed by atoms with Crippen molar-refractivity contribution in [2.75, 3.05) is 14.2 Å². The minimum Gasteiger partial charge on any atom is -0.493 e. The van der Waals surface area contributed by atoms with E-state index < -0.39 is 12.2 Å². The van der Waals surface area contributed by atoms with Crippen LogP contribution in [0.15, 0.2) is 18.2 Å². The molecule has 0 fully saturated rings. The van der Waals surface area contributed by atoms with Crippen molar-refractivity contribution in [3.63, 3.8) is 0 Å². The first-order chi connectivity index (χ1) is 9.03. The lowest BCUT2D eigenvalue weighted by Gasteiger charge is -2.21. The molecule has 108 valence electrons. The van der Waals surface area contributed by atoms with Gasteiger partial charge < -0.3 is 19.7 Å². The molecule has 0 aliphatic rings. The fourth-order valence-electron chi connectivity index (χ4n) is 2.09. The Kier molecular flexibility index (Phi) is 6.12. The quantitative estimate of drug-likeness (QED) is 0.797. The highest BCUT2D eigenvalue weighted by molar-refractivity contribution is 5.43. The zero-order valence-corrected chi connectivity index (χ0v) is 12.1. The lowest BCUT2D eigenvalue weighted by atomic mass is 9.92. The Labute approximate surface area is 115 Å². The number of hydrogen-bond donors (Lipinski definition) is 2. The fraction of sp³-hybridized carbons (Fsp3) is 0.600. The molecule has 0 radical (unpaired) electrons. The second-order valence-electron chi connectivity index (χ2n) is 4.79. The summed E-state index contributed by atoms with van der Waals surface area (Å²) in [7, 11) is 3.20. The molecule has 19 heavy (non-hydrogen) atoms. The third-order valence-corrected chi connectivity index (χ3v) is 3.43. The molecule has 0 aliphatic carbocycles. The summed E-state index contributed by atoms with van der Waals surface area (Å²) in [5, 5.41) is 19.5. The van der Waals surface area contributed by atoms with Crippen molar-refractivity contribution in [1.29, 1.82) is 0 Å². The molecule has 0 heterocycles. The van der Waals surface area contributed by atoms with Crippen LogP contribution < -0.4 is 9.47 Å². The summed E-state index contributed by atoms with van der Waals surface area (Å²) in [5.74, 6) is 1.50. The monoisotopic (exact) mass is 268 g/mol. The summed E-state index contributed by atoms with van der Waals surface area (Å²) >= 11 is 0. The van der Waals surface area contributed by atoms with Gasteiger partial charge in [-0.25, -0.2) is 0 Å². The number of aliphatic hydroxyl groups excluding tert-OH is 2. The van der Waals surface area contributed by atoms with Gasteiger partial charge >= 0.3 is 0 Å². The smallest absolute Gasteiger partial charge is 0.160 e. The summed E-state index contributed by atoms with van der Waals surface area (Å²) in [6.07, 6.45) is -0.291. The van der Waals surface area contributed by atoms with Crippen molar-refractivity contribution in [3.05, 3.63) is 23.8 Å². The highest BCUT2D eigenvalue weighted by Gasteiger charge is 2.19. The number of ether oxygens (including phenoxy) is 2. The van der Waals surface area contributed by atoms with Crippen LogP contribution in [0.2, 0.25) is 0 Å². The molecular weight excluding hydrogens is 244 g/mol. The summed E-state index contributed by atoms with van der Waals surface area (Å²) in [6.45, 7) is 3.88. The van der Waals surface area contributed by atoms with Gasteiger partial charge in [0, 0.05) is 0 Å². The third-order valence-electron chi connectivity index (χ3n) is 3.43. The van der Waals surface area contributed by atoms with E-state index >= 15 is 0 Å². The number of rotatable bonds is 7. The molecule has 0 aromatic heterocycles. The van der Waals surface area contributed by atoms with E-state index in [0.717, 1.165) is 5.56 Å². The first-order valence-electron chi connectivity index (χ1n) is 6.61. The van der Waals surface area contributed by atoms with Crippen LogP contribution in [0.3, 0.4) is 0 Å². The highest BCUT2D eigenvalue weighted by Crippen LogP contribution is 2.32. The molecular formula is C15H24O4. The lowest BCUT2D eigenvalue weighted by molar-refractivity contribution is 0.00952. The van der Waals surface area contributed by atoms with Gasteiger partial charge in [-0.15, -0.1) is 0 Å². The molecule has 2 N–H and O–H groups in total. The Morgan fingerprint density at radius 2 is 1.68 bits per heavy atom. The molecule has 4 heteroatoms. The molecule has 4 nitrogen and oxygen atoms in total. The Morgan fingerprint density at radius 3 is 2.21 bits per heavy atom. The van der Waals surface area contributed by atoms with E-state index in [1.54, 1.807) is 14.2 Å². The molecule has 3 atom stereocenters. The van der Waals surface area contributed by atoms with Crippen molar-refractivity contribution in [2.45, 2.75) is 44.8 Å². The van der Waals surface area contributed by atoms with E-state index in [1.165, 1.54) is 0 Å². The van der Waals surface area contributed by atoms with E-state index in [-0.39, 0.29) is 5.92 Å². The van der Waals surface area contributed by atoms with Crippen LogP contribution >= 0.6 is 0 Å². The largest absolute Gasteiger partial charge is 0.493 e. The number of hydrogen-bond acceptors (Lipinski definition) is 4. The van der Waals surface area contributed by atoms with Crippen LogP contribution in [0.25, 0.3) is 0 Å². The van der Waals surface area contributed by atoms with Gasteiger partial charge in [-0.3, -0.25) is 0 Å². The van der Waals surface area contributed by atoms with E-state index in [0.29, 0.717) is 24.3 Å². The molecule has 0 saturated heterocycles. The van der Waals surface area contributed by atoms with Crippen LogP contribution in [0.5, 0.6) is 11.5 Å². The molecule has 1 aromatic carbocycles. The van der Waals surface area contributed by atoms with Gasteiger partial charge in [0.2, 0.25) is 0 Å². The predicted molar refractivity (Wildman–Crippen MR) is 74.9 cm³/mol. The summed E-state index contributed by atoms with van der Waals surface area (Å²) < 4.78 is 10.5. The molecule has 1 aromatic rings. The van der Waals surface area contributed by atoms with Crippen LogP contribution in [0.1, 0.15) is 38.2 Å². The summed E-state index contributed by atoms with van der Waals surface area (Å²) in [5.41, 5.74) is 1.06. The van der Waals surface area contributed by atoms with E-state index in [9.17, 15) is 10.2 Å². The van der Waals surface area contributed by atoms with Crippen molar-refractivity contribution in [1.82, 2.24) is 0 Å². The minimum absolute atomic E-state index is 0.135. The fourth-order valence-corrected chi connectivity index (χ4v) is 2.09. The first kappa shape index (κ1) is 15.8. The molecule has 0 bridgehead atoms. The zero-order chi connectivity index (χ0) is 14.4. The molecule has 3 unspecified atom stereocenters. The maximum absolute atomic E-state index is 9.87. The van der Waals surface area contributed by atoms with Crippen molar-refractivity contribution < 1.29 is 19.7 Å². The molecule has 0 amide bonds. The van der Waals surface area contributed by atoms with Crippen molar-refractivity contribution >= 4 is 0 Å². The van der Waals surface area contributed by atoms with Gasteiger partial charge in [-0.2, -0.15) is 0 Å². The van der Waals surface area contributed by atoms with Crippen LogP contribution in [0.4, 0.5) is 0 Å². The summed E-state index contributed by atoms with van der Waals surface area (Å²) in [4.78, 5) is 0. The van der Waals surface area contributed by atoms with E-state index in [2.05, 4.69) is 0 Å². The molecule has 0 saturated carbocycles. The Hall–Kier alpha value is -1.26. The van der Waals surface area contributed by atoms with Gasteiger partial charge in [0.15, 0.2) is 11.5 Å². The number of benzene rings is 1. The van der Waals surface area contributed by atoms with Gasteiger partial charge in [0.05, 0.1) is 26.4 Å². The number of aliphatic hydroxyl groups is 2. The van der Waals surface area contributed by atoms with Crippen LogP contribution in [-0.4, -0.2) is 36.6 Å². The normalized spacial score (nSPS) is 15.7. The summed E-state index contributed by atoms with van der Waals surface area (Å²) in [6, 6.07) is 5.72. The first-order valence-corrected chi connectivity index (χ1v) is 6.61. The number of methoxy groups -OCH3 is 2. The molecule has 1 rings (SSSR count). The maximum atomic E-state index is 9.87.